The Hall–Kier alpha value is -2.45. The normalized spacial score (nSPS) is 11.5. The molecule has 1 aromatic heterocycles. The number of aromatic nitrogens is 3. The van der Waals surface area contributed by atoms with Gasteiger partial charge in [0, 0.05) is 6.92 Å². The maximum Gasteiger partial charge on any atom is 0.377 e. The zero-order valence-electron chi connectivity index (χ0n) is 10.7. The summed E-state index contributed by atoms with van der Waals surface area (Å²) in [5.41, 5.74) is 0. The Morgan fingerprint density at radius 3 is 2.58 bits per heavy atom. The van der Waals surface area contributed by atoms with E-state index in [1.54, 1.807) is 0 Å². The van der Waals surface area contributed by atoms with Crippen LogP contribution in [0.25, 0.3) is 0 Å². The maximum absolute atomic E-state index is 11.5. The van der Waals surface area contributed by atoms with E-state index in [0.717, 1.165) is 0 Å². The average molecular weight is 270 g/mol. The minimum atomic E-state index is -0.908. The number of nitrogens with one attached hydrogen (secondary N) is 1. The van der Waals surface area contributed by atoms with Gasteiger partial charge in [-0.05, 0) is 0 Å². The summed E-state index contributed by atoms with van der Waals surface area (Å²) in [5.74, 6) is -1.82. The molecule has 19 heavy (non-hydrogen) atoms. The number of esters is 2. The van der Waals surface area contributed by atoms with Crippen molar-refractivity contribution in [3.8, 4) is 0 Å². The fourth-order valence-corrected chi connectivity index (χ4v) is 1.32. The van der Waals surface area contributed by atoms with Crippen LogP contribution < -0.4 is 5.32 Å². The van der Waals surface area contributed by atoms with Crippen molar-refractivity contribution in [3.05, 3.63) is 12.2 Å². The van der Waals surface area contributed by atoms with Gasteiger partial charge < -0.3 is 14.8 Å². The second-order valence-corrected chi connectivity index (χ2v) is 3.56. The van der Waals surface area contributed by atoms with Gasteiger partial charge in [0.2, 0.25) is 5.91 Å². The van der Waals surface area contributed by atoms with Crippen molar-refractivity contribution in [1.82, 2.24) is 20.1 Å². The van der Waals surface area contributed by atoms with Gasteiger partial charge in [0.05, 0.1) is 20.8 Å². The number of methoxy groups -OCH3 is 2. The molecule has 0 aliphatic heterocycles. The van der Waals surface area contributed by atoms with Gasteiger partial charge >= 0.3 is 11.9 Å². The Morgan fingerprint density at radius 2 is 2.05 bits per heavy atom. The topological polar surface area (TPSA) is 112 Å². The first-order valence-electron chi connectivity index (χ1n) is 5.30. The lowest BCUT2D eigenvalue weighted by Gasteiger charge is -2.14. The summed E-state index contributed by atoms with van der Waals surface area (Å²) in [7, 11) is 2.41. The minimum Gasteiger partial charge on any atom is -0.467 e. The van der Waals surface area contributed by atoms with E-state index in [1.165, 1.54) is 32.2 Å². The van der Waals surface area contributed by atoms with Crippen molar-refractivity contribution in [2.75, 3.05) is 14.2 Å². The van der Waals surface area contributed by atoms with Crippen molar-refractivity contribution in [3.63, 3.8) is 0 Å². The van der Waals surface area contributed by atoms with E-state index >= 15 is 0 Å². The molecule has 0 spiro atoms. The molecule has 1 amide bonds. The summed E-state index contributed by atoms with van der Waals surface area (Å²) >= 11 is 0. The molecule has 9 heteroatoms. The van der Waals surface area contributed by atoms with E-state index in [-0.39, 0.29) is 18.3 Å². The van der Waals surface area contributed by atoms with E-state index in [4.69, 9.17) is 0 Å². The molecule has 0 aliphatic carbocycles. The Labute approximate surface area is 108 Å². The fourth-order valence-electron chi connectivity index (χ4n) is 1.32. The summed E-state index contributed by atoms with van der Waals surface area (Å²) < 4.78 is 10.2. The molecule has 1 N–H and O–H groups in total. The highest BCUT2D eigenvalue weighted by Crippen LogP contribution is 1.97. The molecule has 1 heterocycles. The molecule has 0 radical (unpaired) electrons. The third-order valence-electron chi connectivity index (χ3n) is 2.14. The van der Waals surface area contributed by atoms with Crippen LogP contribution in [0, 0.1) is 0 Å². The van der Waals surface area contributed by atoms with Crippen LogP contribution >= 0.6 is 0 Å². The Morgan fingerprint density at radius 1 is 1.37 bits per heavy atom. The highest BCUT2D eigenvalue weighted by Gasteiger charge is 2.22. The number of hydrogen-bond donors (Lipinski definition) is 1. The summed E-state index contributed by atoms with van der Waals surface area (Å²) in [6.07, 6.45) is 1.25. The largest absolute Gasteiger partial charge is 0.467 e. The smallest absolute Gasteiger partial charge is 0.377 e. The van der Waals surface area contributed by atoms with Gasteiger partial charge in [-0.3, -0.25) is 4.79 Å². The molecule has 0 fully saturated rings. The number of amides is 1. The third-order valence-corrected chi connectivity index (χ3v) is 2.14. The quantitative estimate of drug-likeness (QED) is 0.664. The van der Waals surface area contributed by atoms with Crippen LogP contribution in [0.5, 0.6) is 0 Å². The molecule has 1 rings (SSSR count). The number of hydrogen-bond acceptors (Lipinski definition) is 7. The van der Waals surface area contributed by atoms with Crippen LogP contribution in [-0.2, 0) is 25.6 Å². The van der Waals surface area contributed by atoms with Gasteiger partial charge in [-0.1, -0.05) is 0 Å². The second-order valence-electron chi connectivity index (χ2n) is 3.56. The highest BCUT2D eigenvalue weighted by molar-refractivity contribution is 5.85. The summed E-state index contributed by atoms with van der Waals surface area (Å²) in [4.78, 5) is 37.3. The minimum absolute atomic E-state index is 0.00372. The second kappa shape index (κ2) is 6.47. The van der Waals surface area contributed by atoms with E-state index in [0.29, 0.717) is 0 Å². The monoisotopic (exact) mass is 270 g/mol. The first-order chi connectivity index (χ1) is 8.97. The average Bonchev–Trinajstić information content (AvgIpc) is 2.84. The lowest BCUT2D eigenvalue weighted by atomic mass is 10.3. The molecule has 0 aromatic carbocycles. The molecule has 9 nitrogen and oxygen atoms in total. The van der Waals surface area contributed by atoms with Crippen molar-refractivity contribution in [1.29, 1.82) is 0 Å². The zero-order valence-corrected chi connectivity index (χ0v) is 10.7. The lowest BCUT2D eigenvalue weighted by molar-refractivity contribution is -0.145. The van der Waals surface area contributed by atoms with Gasteiger partial charge in [-0.25, -0.2) is 19.3 Å². The predicted octanol–water partition coefficient (Wildman–Crippen LogP) is -1.26. The first-order valence-corrected chi connectivity index (χ1v) is 5.30. The van der Waals surface area contributed by atoms with Crippen molar-refractivity contribution in [2.24, 2.45) is 0 Å². The molecule has 0 aliphatic rings. The van der Waals surface area contributed by atoms with Gasteiger partial charge in [0.1, 0.15) is 12.4 Å². The molecule has 0 bridgehead atoms. The van der Waals surface area contributed by atoms with Crippen LogP contribution in [0.15, 0.2) is 6.33 Å². The van der Waals surface area contributed by atoms with E-state index in [2.05, 4.69) is 24.9 Å². The summed E-state index contributed by atoms with van der Waals surface area (Å²) in [6.45, 7) is 1.27. The molecule has 0 saturated heterocycles. The maximum atomic E-state index is 11.5. The predicted molar refractivity (Wildman–Crippen MR) is 61.0 cm³/mol. The Balaban J connectivity index is 2.78. The van der Waals surface area contributed by atoms with E-state index in [9.17, 15) is 14.4 Å². The molecule has 1 unspecified atom stereocenters. The molecule has 104 valence electrons. The third kappa shape index (κ3) is 4.05. The fraction of sp³-hybridized carbons (Fsp3) is 0.500. The number of carbonyl (C=O) groups excluding carboxylic acids is 3. The van der Waals surface area contributed by atoms with Crippen LogP contribution in [0.4, 0.5) is 0 Å². The summed E-state index contributed by atoms with van der Waals surface area (Å²) in [6, 6.07) is -0.908. The summed E-state index contributed by atoms with van der Waals surface area (Å²) in [5, 5.41) is 6.23. The number of nitrogens with zero attached hydrogens (tertiary/aromatic N) is 3. The molecule has 0 saturated carbocycles. The zero-order chi connectivity index (χ0) is 14.4. The van der Waals surface area contributed by atoms with Crippen LogP contribution in [0.2, 0.25) is 0 Å². The molecule has 1 atom stereocenters. The number of rotatable bonds is 5. The van der Waals surface area contributed by atoms with Crippen molar-refractivity contribution < 1.29 is 23.9 Å². The Kier molecular flexibility index (Phi) is 4.98. The SMILES string of the molecule is COC(=O)c1ncn(CC(NC(C)=O)C(=O)OC)n1. The van der Waals surface area contributed by atoms with Gasteiger partial charge in [-0.15, -0.1) is 5.10 Å². The number of carbonyl (C=O) groups is 3. The Bertz CT molecular complexity index is 484. The lowest BCUT2D eigenvalue weighted by Crippen LogP contribution is -2.43. The van der Waals surface area contributed by atoms with E-state index in [1.807, 2.05) is 0 Å². The van der Waals surface area contributed by atoms with Crippen molar-refractivity contribution in [2.45, 2.75) is 19.5 Å². The molecular formula is C10H14N4O5. The van der Waals surface area contributed by atoms with Crippen molar-refractivity contribution >= 4 is 17.8 Å². The van der Waals surface area contributed by atoms with Crippen LogP contribution in [-0.4, -0.2) is 52.9 Å². The van der Waals surface area contributed by atoms with Crippen LogP contribution in [0.1, 0.15) is 17.5 Å². The standard InChI is InChI=1S/C10H14N4O5/c1-6(15)12-7(9(16)18-2)4-14-5-11-8(13-14)10(17)19-3/h5,7H,4H2,1-3H3,(H,12,15). The van der Waals surface area contributed by atoms with Gasteiger partial charge in [0.25, 0.3) is 5.82 Å². The van der Waals surface area contributed by atoms with Gasteiger partial charge in [-0.2, -0.15) is 0 Å². The number of ether oxygens (including phenoxy) is 2. The van der Waals surface area contributed by atoms with E-state index < -0.39 is 18.0 Å². The van der Waals surface area contributed by atoms with Crippen LogP contribution in [0.3, 0.4) is 0 Å². The van der Waals surface area contributed by atoms with Gasteiger partial charge in [0.15, 0.2) is 0 Å². The molecular weight excluding hydrogens is 256 g/mol. The molecule has 1 aromatic rings. The highest BCUT2D eigenvalue weighted by atomic mass is 16.5. The first kappa shape index (κ1) is 14.6.